The van der Waals surface area contributed by atoms with E-state index in [2.05, 4.69) is 10.2 Å². The second-order valence-electron chi connectivity index (χ2n) is 5.92. The van der Waals surface area contributed by atoms with E-state index in [0.717, 1.165) is 11.8 Å². The SMILES string of the molecule is O=C(Nc1ccccc1C(F)(F)F)N1CCN(c2ccc(Cl)cc2)CC1. The fourth-order valence-corrected chi connectivity index (χ4v) is 2.98. The largest absolute Gasteiger partial charge is 0.418 e. The number of nitrogens with one attached hydrogen (secondary N) is 1. The maximum atomic E-state index is 13.0. The molecule has 0 atom stereocenters. The molecule has 3 rings (SSSR count). The summed E-state index contributed by atoms with van der Waals surface area (Å²) in [4.78, 5) is 16.0. The Hall–Kier alpha value is -2.41. The van der Waals surface area contributed by atoms with Crippen molar-refractivity contribution in [1.29, 1.82) is 0 Å². The monoisotopic (exact) mass is 383 g/mol. The number of rotatable bonds is 2. The van der Waals surface area contributed by atoms with Crippen LogP contribution < -0.4 is 10.2 Å². The zero-order valence-corrected chi connectivity index (χ0v) is 14.5. The molecule has 0 spiro atoms. The molecule has 0 unspecified atom stereocenters. The summed E-state index contributed by atoms with van der Waals surface area (Å²) in [5.74, 6) is 0. The van der Waals surface area contributed by atoms with Crippen LogP contribution in [0.2, 0.25) is 5.02 Å². The fraction of sp³-hybridized carbons (Fsp3) is 0.278. The summed E-state index contributed by atoms with van der Waals surface area (Å²) in [6.07, 6.45) is -4.52. The van der Waals surface area contributed by atoms with Crippen LogP contribution in [-0.4, -0.2) is 37.1 Å². The summed E-state index contributed by atoms with van der Waals surface area (Å²) >= 11 is 5.88. The number of carbonyl (C=O) groups is 1. The average Bonchev–Trinajstić information content (AvgIpc) is 2.62. The second kappa shape index (κ2) is 7.45. The zero-order chi connectivity index (χ0) is 18.7. The number of anilines is 2. The lowest BCUT2D eigenvalue weighted by Gasteiger charge is -2.36. The molecule has 8 heteroatoms. The molecular weight excluding hydrogens is 367 g/mol. The minimum atomic E-state index is -4.52. The van der Waals surface area contributed by atoms with Crippen molar-refractivity contribution in [3.8, 4) is 0 Å². The van der Waals surface area contributed by atoms with E-state index in [1.165, 1.54) is 23.1 Å². The second-order valence-corrected chi connectivity index (χ2v) is 6.36. The lowest BCUT2D eigenvalue weighted by Crippen LogP contribution is -2.50. The summed E-state index contributed by atoms with van der Waals surface area (Å²) in [6, 6.07) is 11.8. The van der Waals surface area contributed by atoms with Gasteiger partial charge in [0.25, 0.3) is 0 Å². The molecule has 1 fully saturated rings. The highest BCUT2D eigenvalue weighted by Gasteiger charge is 2.34. The first-order chi connectivity index (χ1) is 12.3. The van der Waals surface area contributed by atoms with Gasteiger partial charge in [0, 0.05) is 36.9 Å². The van der Waals surface area contributed by atoms with Gasteiger partial charge < -0.3 is 15.1 Å². The van der Waals surface area contributed by atoms with Crippen molar-refractivity contribution in [3.05, 3.63) is 59.1 Å². The Morgan fingerprint density at radius 3 is 2.19 bits per heavy atom. The summed E-state index contributed by atoms with van der Waals surface area (Å²) in [5.41, 5.74) is -0.0878. The number of nitrogens with zero attached hydrogens (tertiary/aromatic N) is 2. The van der Waals surface area contributed by atoms with Gasteiger partial charge in [0.15, 0.2) is 0 Å². The Morgan fingerprint density at radius 2 is 1.58 bits per heavy atom. The van der Waals surface area contributed by atoms with Crippen LogP contribution in [0.25, 0.3) is 0 Å². The highest BCUT2D eigenvalue weighted by molar-refractivity contribution is 6.30. The third kappa shape index (κ3) is 4.22. The molecule has 2 amide bonds. The topological polar surface area (TPSA) is 35.6 Å². The highest BCUT2D eigenvalue weighted by Crippen LogP contribution is 2.34. The normalized spacial score (nSPS) is 15.1. The van der Waals surface area contributed by atoms with E-state index >= 15 is 0 Å². The number of hydrogen-bond donors (Lipinski definition) is 1. The third-order valence-electron chi connectivity index (χ3n) is 4.23. The predicted octanol–water partition coefficient (Wildman–Crippen LogP) is 4.71. The first kappa shape index (κ1) is 18.4. The first-order valence-electron chi connectivity index (χ1n) is 8.07. The minimum Gasteiger partial charge on any atom is -0.368 e. The lowest BCUT2D eigenvalue weighted by molar-refractivity contribution is -0.136. The number of piperazine rings is 1. The van der Waals surface area contributed by atoms with Gasteiger partial charge in [-0.05, 0) is 36.4 Å². The maximum Gasteiger partial charge on any atom is 0.418 e. The molecule has 1 heterocycles. The minimum absolute atomic E-state index is 0.231. The van der Waals surface area contributed by atoms with E-state index in [-0.39, 0.29) is 5.69 Å². The molecule has 26 heavy (non-hydrogen) atoms. The molecule has 2 aromatic rings. The van der Waals surface area contributed by atoms with Crippen molar-refractivity contribution in [2.45, 2.75) is 6.18 Å². The molecule has 138 valence electrons. The molecule has 0 bridgehead atoms. The number of para-hydroxylation sites is 1. The van der Waals surface area contributed by atoms with E-state index in [1.807, 2.05) is 12.1 Å². The highest BCUT2D eigenvalue weighted by atomic mass is 35.5. The number of alkyl halides is 3. The molecule has 0 saturated carbocycles. The third-order valence-corrected chi connectivity index (χ3v) is 4.48. The van der Waals surface area contributed by atoms with Crippen LogP contribution in [0.1, 0.15) is 5.56 Å². The molecule has 1 aliphatic heterocycles. The number of amides is 2. The van der Waals surface area contributed by atoms with Crippen LogP contribution in [0.3, 0.4) is 0 Å². The van der Waals surface area contributed by atoms with Crippen LogP contribution in [-0.2, 0) is 6.18 Å². The molecule has 0 aliphatic carbocycles. The van der Waals surface area contributed by atoms with Crippen molar-refractivity contribution >= 4 is 29.0 Å². The standard InChI is InChI=1S/C18H17ClF3N3O/c19-13-5-7-14(8-6-13)24-9-11-25(12-10-24)17(26)23-16-4-2-1-3-15(16)18(20,21)22/h1-8H,9-12H2,(H,23,26). The van der Waals surface area contributed by atoms with Crippen molar-refractivity contribution < 1.29 is 18.0 Å². The molecule has 0 aromatic heterocycles. The number of urea groups is 1. The maximum absolute atomic E-state index is 13.0. The van der Waals surface area contributed by atoms with Gasteiger partial charge in [-0.15, -0.1) is 0 Å². The van der Waals surface area contributed by atoms with Crippen molar-refractivity contribution in [2.24, 2.45) is 0 Å². The molecule has 1 aliphatic rings. The van der Waals surface area contributed by atoms with Gasteiger partial charge in [-0.3, -0.25) is 0 Å². The first-order valence-corrected chi connectivity index (χ1v) is 8.45. The molecular formula is C18H17ClF3N3O. The van der Waals surface area contributed by atoms with Gasteiger partial charge in [-0.25, -0.2) is 4.79 Å². The van der Waals surface area contributed by atoms with E-state index < -0.39 is 17.8 Å². The van der Waals surface area contributed by atoms with Crippen LogP contribution >= 0.6 is 11.6 Å². The molecule has 1 N–H and O–H groups in total. The van der Waals surface area contributed by atoms with Crippen LogP contribution in [0.15, 0.2) is 48.5 Å². The van der Waals surface area contributed by atoms with Gasteiger partial charge in [0.1, 0.15) is 0 Å². The Balaban J connectivity index is 1.62. The van der Waals surface area contributed by atoms with Crippen LogP contribution in [0.5, 0.6) is 0 Å². The summed E-state index contributed by atoms with van der Waals surface area (Å²) < 4.78 is 39.1. The van der Waals surface area contributed by atoms with Crippen molar-refractivity contribution in [1.82, 2.24) is 4.90 Å². The molecule has 1 saturated heterocycles. The van der Waals surface area contributed by atoms with Crippen molar-refractivity contribution in [3.63, 3.8) is 0 Å². The van der Waals surface area contributed by atoms with Gasteiger partial charge in [-0.1, -0.05) is 23.7 Å². The van der Waals surface area contributed by atoms with Crippen LogP contribution in [0.4, 0.5) is 29.3 Å². The Bertz CT molecular complexity index is 772. The average molecular weight is 384 g/mol. The quantitative estimate of drug-likeness (QED) is 0.815. The lowest BCUT2D eigenvalue weighted by atomic mass is 10.1. The smallest absolute Gasteiger partial charge is 0.368 e. The molecule has 4 nitrogen and oxygen atoms in total. The summed E-state index contributed by atoms with van der Waals surface area (Å²) in [5, 5.41) is 3.03. The zero-order valence-electron chi connectivity index (χ0n) is 13.8. The van der Waals surface area contributed by atoms with E-state index in [4.69, 9.17) is 11.6 Å². The molecule has 0 radical (unpaired) electrons. The van der Waals surface area contributed by atoms with Gasteiger partial charge in [0.2, 0.25) is 0 Å². The Labute approximate surface area is 154 Å². The summed E-state index contributed by atoms with van der Waals surface area (Å²) in [6.45, 7) is 2.03. The van der Waals surface area contributed by atoms with Crippen LogP contribution in [0, 0.1) is 0 Å². The van der Waals surface area contributed by atoms with E-state index in [0.29, 0.717) is 31.2 Å². The van der Waals surface area contributed by atoms with Gasteiger partial charge in [0.05, 0.1) is 11.3 Å². The number of benzene rings is 2. The fourth-order valence-electron chi connectivity index (χ4n) is 2.85. The predicted molar refractivity (Wildman–Crippen MR) is 95.7 cm³/mol. The van der Waals surface area contributed by atoms with Crippen molar-refractivity contribution in [2.75, 3.05) is 36.4 Å². The number of carbonyl (C=O) groups excluding carboxylic acids is 1. The Morgan fingerprint density at radius 1 is 0.962 bits per heavy atom. The molecule has 2 aromatic carbocycles. The number of hydrogen-bond acceptors (Lipinski definition) is 2. The van der Waals surface area contributed by atoms with E-state index in [9.17, 15) is 18.0 Å². The van der Waals surface area contributed by atoms with Gasteiger partial charge >= 0.3 is 12.2 Å². The Kier molecular flexibility index (Phi) is 5.27. The summed E-state index contributed by atoms with van der Waals surface area (Å²) in [7, 11) is 0. The van der Waals surface area contributed by atoms with Gasteiger partial charge in [-0.2, -0.15) is 13.2 Å². The van der Waals surface area contributed by atoms with E-state index in [1.54, 1.807) is 12.1 Å². The number of halogens is 4.